The van der Waals surface area contributed by atoms with Crippen molar-refractivity contribution in [2.45, 2.75) is 18.9 Å². The molecule has 0 radical (unpaired) electrons. The Bertz CT molecular complexity index is 1010. The van der Waals surface area contributed by atoms with Crippen LogP contribution in [0, 0.1) is 0 Å². The monoisotopic (exact) mass is 468 g/mol. The third-order valence-corrected chi connectivity index (χ3v) is 6.05. The van der Waals surface area contributed by atoms with Crippen LogP contribution in [0.15, 0.2) is 53.0 Å². The fourth-order valence-electron chi connectivity index (χ4n) is 2.89. The van der Waals surface area contributed by atoms with Crippen LogP contribution in [0.4, 0.5) is 0 Å². The lowest BCUT2D eigenvalue weighted by Gasteiger charge is -2.27. The van der Waals surface area contributed by atoms with Crippen molar-refractivity contribution in [3.05, 3.63) is 64.1 Å². The van der Waals surface area contributed by atoms with E-state index < -0.39 is 15.7 Å². The van der Waals surface area contributed by atoms with Crippen molar-refractivity contribution < 1.29 is 17.4 Å². The number of amides is 1. The van der Waals surface area contributed by atoms with E-state index in [0.29, 0.717) is 12.0 Å². The molecule has 0 aromatic heterocycles. The first-order chi connectivity index (χ1) is 12.7. The molecule has 1 amide bonds. The van der Waals surface area contributed by atoms with Crippen molar-refractivity contribution in [3.8, 4) is 5.75 Å². The number of hydrogen-bond acceptors (Lipinski definition) is 5. The van der Waals surface area contributed by atoms with Crippen molar-refractivity contribution >= 4 is 49.3 Å². The Morgan fingerprint density at radius 1 is 1.19 bits per heavy atom. The second-order valence-corrected chi connectivity index (χ2v) is 9.26. The normalized spacial score (nSPS) is 19.5. The first-order valence-corrected chi connectivity index (χ1v) is 10.9. The van der Waals surface area contributed by atoms with Crippen LogP contribution in [0.1, 0.15) is 18.1 Å². The quantitative estimate of drug-likeness (QED) is 0.500. The summed E-state index contributed by atoms with van der Waals surface area (Å²) in [4.78, 5) is 12.8. The highest BCUT2D eigenvalue weighted by atomic mass is 79.9. The van der Waals surface area contributed by atoms with Gasteiger partial charge in [0.05, 0.1) is 5.75 Å². The van der Waals surface area contributed by atoms with Crippen LogP contribution in [0.5, 0.6) is 5.75 Å². The summed E-state index contributed by atoms with van der Waals surface area (Å²) in [5, 5.41) is 5.91. The van der Waals surface area contributed by atoms with E-state index in [1.54, 1.807) is 18.2 Å². The zero-order chi connectivity index (χ0) is 19.7. The molecule has 0 bridgehead atoms. The Morgan fingerprint density at radius 3 is 2.56 bits per heavy atom. The Kier molecular flexibility index (Phi) is 5.55. The average molecular weight is 469 g/mol. The van der Waals surface area contributed by atoms with E-state index in [1.165, 1.54) is 13.0 Å². The van der Waals surface area contributed by atoms with Gasteiger partial charge in [-0.2, -0.15) is 8.42 Å². The van der Waals surface area contributed by atoms with Crippen LogP contribution >= 0.6 is 28.1 Å². The number of carbonyl (C=O) groups is 1. The highest BCUT2D eigenvalue weighted by molar-refractivity contribution is 9.10. The predicted octanol–water partition coefficient (Wildman–Crippen LogP) is 2.62. The number of rotatable bonds is 6. The molecule has 0 saturated carbocycles. The lowest BCUT2D eigenvalue weighted by Crippen LogP contribution is -2.45. The number of hydrogen-bond donors (Lipinski definition) is 2. The maximum Gasteiger partial charge on any atom is 0.308 e. The van der Waals surface area contributed by atoms with Gasteiger partial charge in [-0.15, -0.1) is 0 Å². The molecule has 27 heavy (non-hydrogen) atoms. The van der Waals surface area contributed by atoms with Gasteiger partial charge in [0.1, 0.15) is 11.3 Å². The van der Waals surface area contributed by atoms with Crippen LogP contribution in [-0.2, 0) is 26.9 Å². The molecule has 142 valence electrons. The van der Waals surface area contributed by atoms with Crippen LogP contribution < -0.4 is 14.8 Å². The lowest BCUT2D eigenvalue weighted by atomic mass is 9.84. The van der Waals surface area contributed by atoms with Gasteiger partial charge < -0.3 is 14.8 Å². The number of nitrogens with one attached hydrogen (secondary N) is 2. The molecular weight excluding hydrogens is 452 g/mol. The second kappa shape index (κ2) is 7.57. The molecule has 1 atom stereocenters. The van der Waals surface area contributed by atoms with E-state index >= 15 is 0 Å². The Labute approximate surface area is 171 Å². The van der Waals surface area contributed by atoms with Gasteiger partial charge in [0.2, 0.25) is 0 Å². The van der Waals surface area contributed by atoms with E-state index in [-0.39, 0.29) is 22.5 Å². The van der Waals surface area contributed by atoms with Gasteiger partial charge >= 0.3 is 10.1 Å². The van der Waals surface area contributed by atoms with Gasteiger partial charge in [-0.05, 0) is 54.5 Å². The zero-order valence-corrected chi connectivity index (χ0v) is 17.6. The molecule has 2 N–H and O–H groups in total. The molecular formula is C18H17BrN2O4S2. The first kappa shape index (κ1) is 19.8. The molecule has 6 nitrogen and oxygen atoms in total. The summed E-state index contributed by atoms with van der Waals surface area (Å²) >= 11 is 8.58. The van der Waals surface area contributed by atoms with Gasteiger partial charge in [-0.1, -0.05) is 40.2 Å². The summed E-state index contributed by atoms with van der Waals surface area (Å²) in [5.41, 5.74) is 0.306. The smallest absolute Gasteiger partial charge is 0.308 e. The predicted molar refractivity (Wildman–Crippen MR) is 110 cm³/mol. The summed E-state index contributed by atoms with van der Waals surface area (Å²) in [6.07, 6.45) is 0.322. The van der Waals surface area contributed by atoms with Crippen molar-refractivity contribution in [1.82, 2.24) is 10.6 Å². The van der Waals surface area contributed by atoms with Gasteiger partial charge in [-0.3, -0.25) is 4.79 Å². The fourth-order valence-corrected chi connectivity index (χ4v) is 4.12. The van der Waals surface area contributed by atoms with E-state index in [2.05, 4.69) is 26.6 Å². The highest BCUT2D eigenvalue weighted by Crippen LogP contribution is 2.32. The molecule has 2 aromatic carbocycles. The molecule has 1 aliphatic heterocycles. The summed E-state index contributed by atoms with van der Waals surface area (Å²) in [7, 11) is -3.67. The van der Waals surface area contributed by atoms with Crippen LogP contribution in [-0.4, -0.2) is 25.2 Å². The Balaban J connectivity index is 2.04. The van der Waals surface area contributed by atoms with Crippen LogP contribution in [0.3, 0.4) is 0 Å². The van der Waals surface area contributed by atoms with Crippen molar-refractivity contribution in [2.75, 3.05) is 5.75 Å². The first-order valence-electron chi connectivity index (χ1n) is 8.15. The third-order valence-electron chi connectivity index (χ3n) is 4.20. The number of thiocarbonyl (C=S) groups is 1. The largest absolute Gasteiger partial charge is 0.382 e. The van der Waals surface area contributed by atoms with Crippen LogP contribution in [0.2, 0.25) is 0 Å². The number of halogens is 1. The molecule has 0 aliphatic carbocycles. The summed E-state index contributed by atoms with van der Waals surface area (Å²) in [6.45, 7) is 1.50. The zero-order valence-electron chi connectivity index (χ0n) is 14.4. The van der Waals surface area contributed by atoms with Crippen molar-refractivity contribution in [3.63, 3.8) is 0 Å². The summed E-state index contributed by atoms with van der Waals surface area (Å²) in [5.74, 6) is -0.304. The van der Waals surface area contributed by atoms with Crippen molar-refractivity contribution in [2.24, 2.45) is 0 Å². The molecule has 1 saturated heterocycles. The molecule has 1 fully saturated rings. The minimum absolute atomic E-state index is 0.149. The Hall–Kier alpha value is -1.97. The maximum absolute atomic E-state index is 12.8. The third kappa shape index (κ3) is 4.31. The molecule has 1 unspecified atom stereocenters. The molecule has 1 aliphatic rings. The minimum Gasteiger partial charge on any atom is -0.382 e. The Morgan fingerprint density at radius 2 is 1.93 bits per heavy atom. The summed E-state index contributed by atoms with van der Waals surface area (Å²) < 4.78 is 29.6. The number of benzene rings is 2. The molecule has 1 heterocycles. The number of carbonyl (C=O) groups excluding carboxylic acids is 1. The molecule has 2 aromatic rings. The van der Waals surface area contributed by atoms with Gasteiger partial charge in [-0.25, -0.2) is 0 Å². The molecule has 9 heteroatoms. The van der Waals surface area contributed by atoms with E-state index in [0.717, 1.165) is 10.0 Å². The SMILES string of the molecule is CCS(=O)(=O)Oc1cccc(C2(Cc3cccc(Br)c3)NC(=S)NC2=O)c1. The topological polar surface area (TPSA) is 84.5 Å². The van der Waals surface area contributed by atoms with E-state index in [9.17, 15) is 13.2 Å². The summed E-state index contributed by atoms with van der Waals surface area (Å²) in [6, 6.07) is 14.1. The molecule has 3 rings (SSSR count). The minimum atomic E-state index is -3.67. The molecule has 0 spiro atoms. The van der Waals surface area contributed by atoms with E-state index in [1.807, 2.05) is 24.3 Å². The average Bonchev–Trinajstić information content (AvgIpc) is 2.89. The maximum atomic E-state index is 12.8. The van der Waals surface area contributed by atoms with Gasteiger partial charge in [0.15, 0.2) is 5.11 Å². The van der Waals surface area contributed by atoms with Gasteiger partial charge in [0, 0.05) is 10.9 Å². The fraction of sp³-hybridized carbons (Fsp3) is 0.222. The van der Waals surface area contributed by atoms with Crippen LogP contribution in [0.25, 0.3) is 0 Å². The highest BCUT2D eigenvalue weighted by Gasteiger charge is 2.46. The van der Waals surface area contributed by atoms with E-state index in [4.69, 9.17) is 16.4 Å². The standard InChI is InChI=1S/C18H17BrN2O4S2/c1-2-27(23,24)25-15-8-4-6-13(10-15)18(16(22)20-17(26)21-18)11-12-5-3-7-14(19)9-12/h3-10H,2,11H2,1H3,(H2,20,21,22,26). The van der Waals surface area contributed by atoms with Gasteiger partial charge in [0.25, 0.3) is 5.91 Å². The lowest BCUT2D eigenvalue weighted by molar-refractivity contribution is -0.124. The second-order valence-electron chi connectivity index (χ2n) is 6.08. The van der Waals surface area contributed by atoms with Crippen molar-refractivity contribution in [1.29, 1.82) is 0 Å².